The Balaban J connectivity index is 1.69. The number of carbonyl (C=O) groups is 2. The van der Waals surface area contributed by atoms with Crippen molar-refractivity contribution in [2.45, 2.75) is 26.3 Å². The molecule has 0 bridgehead atoms. The van der Waals surface area contributed by atoms with Crippen LogP contribution in [0.4, 0.5) is 0 Å². The Labute approximate surface area is 144 Å². The second-order valence-electron chi connectivity index (χ2n) is 5.15. The third-order valence-corrected chi connectivity index (χ3v) is 3.61. The van der Waals surface area contributed by atoms with Crippen LogP contribution in [-0.4, -0.2) is 23.6 Å². The van der Waals surface area contributed by atoms with Crippen molar-refractivity contribution in [2.75, 3.05) is 6.61 Å². The van der Waals surface area contributed by atoms with Gasteiger partial charge in [0.25, 0.3) is 0 Å². The maximum absolute atomic E-state index is 11.8. The highest BCUT2D eigenvalue weighted by molar-refractivity contribution is 6.32. The average molecular weight is 352 g/mol. The monoisotopic (exact) mass is 351 g/mol. The van der Waals surface area contributed by atoms with Crippen molar-refractivity contribution in [3.05, 3.63) is 52.4 Å². The standard InChI is InChI=1S/C17H18ClNO5/c1-11-13(17(21)22)9-12(24-11)10-19-16(20)7-4-8-23-15-6-3-2-5-14(15)18/h2-3,5-6,9H,4,7-8,10H2,1H3,(H,19,20)(H,21,22). The predicted molar refractivity (Wildman–Crippen MR) is 88.4 cm³/mol. The molecule has 1 heterocycles. The maximum Gasteiger partial charge on any atom is 0.339 e. The van der Waals surface area contributed by atoms with Gasteiger partial charge in [0, 0.05) is 6.42 Å². The minimum absolute atomic E-state index is 0.104. The lowest BCUT2D eigenvalue weighted by Gasteiger charge is -2.07. The quantitative estimate of drug-likeness (QED) is 0.711. The fraction of sp³-hybridized carbons (Fsp3) is 0.294. The maximum atomic E-state index is 11.8. The second-order valence-corrected chi connectivity index (χ2v) is 5.55. The van der Waals surface area contributed by atoms with E-state index in [1.165, 1.54) is 6.07 Å². The van der Waals surface area contributed by atoms with Crippen molar-refractivity contribution in [3.63, 3.8) is 0 Å². The van der Waals surface area contributed by atoms with E-state index in [-0.39, 0.29) is 24.4 Å². The topological polar surface area (TPSA) is 88.8 Å². The molecule has 2 rings (SSSR count). The van der Waals surface area contributed by atoms with E-state index in [0.29, 0.717) is 35.3 Å². The second kappa shape index (κ2) is 8.40. The van der Waals surface area contributed by atoms with E-state index in [1.807, 2.05) is 12.1 Å². The molecule has 0 aliphatic rings. The lowest BCUT2D eigenvalue weighted by atomic mass is 10.2. The number of furan rings is 1. The number of halogens is 1. The van der Waals surface area contributed by atoms with E-state index in [2.05, 4.69) is 5.32 Å². The Kier molecular flexibility index (Phi) is 6.26. The van der Waals surface area contributed by atoms with E-state index in [0.717, 1.165) is 0 Å². The third-order valence-electron chi connectivity index (χ3n) is 3.30. The van der Waals surface area contributed by atoms with Gasteiger partial charge in [-0.05, 0) is 31.5 Å². The van der Waals surface area contributed by atoms with Crippen molar-refractivity contribution >= 4 is 23.5 Å². The zero-order valence-corrected chi connectivity index (χ0v) is 13.9. The number of amides is 1. The molecular formula is C17H18ClNO5. The van der Waals surface area contributed by atoms with Gasteiger partial charge < -0.3 is 19.6 Å². The zero-order valence-electron chi connectivity index (χ0n) is 13.2. The number of aryl methyl sites for hydroxylation is 1. The third kappa shape index (κ3) is 5.03. The molecule has 1 aromatic carbocycles. The van der Waals surface area contributed by atoms with Crippen molar-refractivity contribution in [1.82, 2.24) is 5.32 Å². The van der Waals surface area contributed by atoms with Gasteiger partial charge >= 0.3 is 5.97 Å². The van der Waals surface area contributed by atoms with E-state index in [1.54, 1.807) is 19.1 Å². The normalized spacial score (nSPS) is 10.4. The molecule has 2 aromatic rings. The van der Waals surface area contributed by atoms with Crippen LogP contribution in [0.2, 0.25) is 5.02 Å². The number of nitrogens with one attached hydrogen (secondary N) is 1. The fourth-order valence-corrected chi connectivity index (χ4v) is 2.28. The van der Waals surface area contributed by atoms with Crippen LogP contribution in [0.3, 0.4) is 0 Å². The zero-order chi connectivity index (χ0) is 17.5. The summed E-state index contributed by atoms with van der Waals surface area (Å²) in [6.45, 7) is 2.10. The van der Waals surface area contributed by atoms with Crippen molar-refractivity contribution in [3.8, 4) is 5.75 Å². The number of hydrogen-bond acceptors (Lipinski definition) is 4. The molecule has 0 saturated heterocycles. The Bertz CT molecular complexity index is 726. The van der Waals surface area contributed by atoms with Crippen LogP contribution in [-0.2, 0) is 11.3 Å². The summed E-state index contributed by atoms with van der Waals surface area (Å²) in [4.78, 5) is 22.7. The first kappa shape index (κ1) is 17.9. The SMILES string of the molecule is Cc1oc(CNC(=O)CCCOc2ccccc2Cl)cc1C(=O)O. The average Bonchev–Trinajstić information content (AvgIpc) is 2.92. The van der Waals surface area contributed by atoms with Crippen LogP contribution in [0, 0.1) is 6.92 Å². The molecule has 0 aliphatic heterocycles. The molecule has 0 saturated carbocycles. The minimum atomic E-state index is -1.05. The summed E-state index contributed by atoms with van der Waals surface area (Å²) in [5.74, 6) is 0.103. The predicted octanol–water partition coefficient (Wildman–Crippen LogP) is 3.42. The summed E-state index contributed by atoms with van der Waals surface area (Å²) in [6.07, 6.45) is 0.824. The Morgan fingerprint density at radius 3 is 2.75 bits per heavy atom. The van der Waals surface area contributed by atoms with E-state index in [9.17, 15) is 9.59 Å². The van der Waals surface area contributed by atoms with Gasteiger partial charge in [0.05, 0.1) is 18.2 Å². The number of ether oxygens (including phenoxy) is 1. The summed E-state index contributed by atoms with van der Waals surface area (Å²) < 4.78 is 10.8. The number of carboxylic acids is 1. The van der Waals surface area contributed by atoms with Crippen molar-refractivity contribution in [2.24, 2.45) is 0 Å². The minimum Gasteiger partial charge on any atom is -0.492 e. The summed E-state index contributed by atoms with van der Waals surface area (Å²) in [6, 6.07) is 8.56. The number of para-hydroxylation sites is 1. The fourth-order valence-electron chi connectivity index (χ4n) is 2.09. The van der Waals surface area contributed by atoms with Crippen LogP contribution >= 0.6 is 11.6 Å². The van der Waals surface area contributed by atoms with Crippen molar-refractivity contribution < 1.29 is 23.8 Å². The Hall–Kier alpha value is -2.47. The van der Waals surface area contributed by atoms with Crippen LogP contribution in [0.5, 0.6) is 5.75 Å². The first-order valence-electron chi connectivity index (χ1n) is 7.44. The number of benzene rings is 1. The van der Waals surface area contributed by atoms with Crippen LogP contribution in [0.1, 0.15) is 34.7 Å². The van der Waals surface area contributed by atoms with Gasteiger partial charge in [0.1, 0.15) is 22.8 Å². The molecule has 0 aliphatic carbocycles. The molecule has 7 heteroatoms. The van der Waals surface area contributed by atoms with Crippen LogP contribution in [0.25, 0.3) is 0 Å². The largest absolute Gasteiger partial charge is 0.492 e. The lowest BCUT2D eigenvalue weighted by molar-refractivity contribution is -0.121. The molecule has 0 spiro atoms. The first-order valence-corrected chi connectivity index (χ1v) is 7.82. The molecule has 128 valence electrons. The summed E-state index contributed by atoms with van der Waals surface area (Å²) >= 11 is 5.96. The molecule has 6 nitrogen and oxygen atoms in total. The molecule has 0 unspecified atom stereocenters. The lowest BCUT2D eigenvalue weighted by Crippen LogP contribution is -2.22. The van der Waals surface area contributed by atoms with Gasteiger partial charge in [-0.25, -0.2) is 4.79 Å². The van der Waals surface area contributed by atoms with Crippen LogP contribution in [0.15, 0.2) is 34.7 Å². The molecule has 24 heavy (non-hydrogen) atoms. The van der Waals surface area contributed by atoms with Gasteiger partial charge in [-0.1, -0.05) is 23.7 Å². The number of carboxylic acid groups (broad SMARTS) is 1. The highest BCUT2D eigenvalue weighted by Gasteiger charge is 2.14. The number of carbonyl (C=O) groups excluding carboxylic acids is 1. The molecule has 0 atom stereocenters. The molecule has 1 aromatic heterocycles. The van der Waals surface area contributed by atoms with Gasteiger partial charge in [-0.15, -0.1) is 0 Å². The molecular weight excluding hydrogens is 334 g/mol. The van der Waals surface area contributed by atoms with Gasteiger partial charge in [0.2, 0.25) is 5.91 Å². The van der Waals surface area contributed by atoms with E-state index in [4.69, 9.17) is 25.9 Å². The Morgan fingerprint density at radius 2 is 2.08 bits per heavy atom. The van der Waals surface area contributed by atoms with Gasteiger partial charge in [-0.3, -0.25) is 4.79 Å². The smallest absolute Gasteiger partial charge is 0.339 e. The van der Waals surface area contributed by atoms with Crippen LogP contribution < -0.4 is 10.1 Å². The van der Waals surface area contributed by atoms with Gasteiger partial charge in [0.15, 0.2) is 0 Å². The summed E-state index contributed by atoms with van der Waals surface area (Å²) in [7, 11) is 0. The number of hydrogen-bond donors (Lipinski definition) is 2. The highest BCUT2D eigenvalue weighted by atomic mass is 35.5. The van der Waals surface area contributed by atoms with Gasteiger partial charge in [-0.2, -0.15) is 0 Å². The highest BCUT2D eigenvalue weighted by Crippen LogP contribution is 2.23. The first-order chi connectivity index (χ1) is 11.5. The van der Waals surface area contributed by atoms with E-state index >= 15 is 0 Å². The number of rotatable bonds is 8. The Morgan fingerprint density at radius 1 is 1.33 bits per heavy atom. The summed E-state index contributed by atoms with van der Waals surface area (Å²) in [5.41, 5.74) is 0.104. The molecule has 1 amide bonds. The van der Waals surface area contributed by atoms with E-state index < -0.39 is 5.97 Å². The summed E-state index contributed by atoms with van der Waals surface area (Å²) in [5, 5.41) is 12.2. The molecule has 0 fully saturated rings. The molecule has 2 N–H and O–H groups in total. The number of aromatic carboxylic acids is 1. The molecule has 0 radical (unpaired) electrons. The van der Waals surface area contributed by atoms with Crippen molar-refractivity contribution in [1.29, 1.82) is 0 Å².